The molecule has 1 heterocycles. The molecule has 0 bridgehead atoms. The van der Waals surface area contributed by atoms with E-state index in [0.29, 0.717) is 18.0 Å². The molecule has 3 N–H and O–H groups in total. The molecule has 0 saturated heterocycles. The van der Waals surface area contributed by atoms with Crippen LogP contribution in [0.3, 0.4) is 0 Å². The Kier molecular flexibility index (Phi) is 4.05. The molecular weight excluding hydrogens is 260 g/mol. The van der Waals surface area contributed by atoms with Crippen LogP contribution in [-0.2, 0) is 0 Å². The van der Waals surface area contributed by atoms with Gasteiger partial charge in [0.1, 0.15) is 11.5 Å². The number of H-pyrrole nitrogens is 1. The number of carbonyl (C=O) groups excluding carboxylic acids is 1. The number of benzene rings is 1. The van der Waals surface area contributed by atoms with E-state index >= 15 is 0 Å². The number of nitrogens with one attached hydrogen (secondary N) is 2. The van der Waals surface area contributed by atoms with Crippen LogP contribution in [0.1, 0.15) is 17.3 Å². The van der Waals surface area contributed by atoms with Crippen molar-refractivity contribution in [2.45, 2.75) is 6.92 Å². The number of rotatable bonds is 4. The van der Waals surface area contributed by atoms with Gasteiger partial charge in [-0.25, -0.2) is 0 Å². The molecule has 0 saturated carbocycles. The van der Waals surface area contributed by atoms with Gasteiger partial charge in [-0.2, -0.15) is 0 Å². The summed E-state index contributed by atoms with van der Waals surface area (Å²) in [6.07, 6.45) is 1.17. The normalized spacial score (nSPS) is 10.1. The molecular formula is C14H14N2O4. The maximum absolute atomic E-state index is 11.9. The molecule has 0 unspecified atom stereocenters. The van der Waals surface area contributed by atoms with E-state index in [4.69, 9.17) is 4.74 Å². The minimum absolute atomic E-state index is 0.00140. The number of aromatic nitrogens is 1. The monoisotopic (exact) mass is 274 g/mol. The average molecular weight is 274 g/mol. The zero-order valence-electron chi connectivity index (χ0n) is 10.8. The minimum atomic E-state index is -0.511. The predicted octanol–water partition coefficient (Wildman–Crippen LogP) is 1.73. The Morgan fingerprint density at radius 2 is 2.05 bits per heavy atom. The van der Waals surface area contributed by atoms with Gasteiger partial charge in [0, 0.05) is 18.0 Å². The molecule has 104 valence electrons. The van der Waals surface area contributed by atoms with Crippen LogP contribution in [0.5, 0.6) is 11.5 Å². The number of pyridine rings is 1. The van der Waals surface area contributed by atoms with E-state index in [1.165, 1.54) is 6.20 Å². The van der Waals surface area contributed by atoms with Gasteiger partial charge in [0.15, 0.2) is 0 Å². The lowest BCUT2D eigenvalue weighted by atomic mass is 10.2. The van der Waals surface area contributed by atoms with Crippen molar-refractivity contribution < 1.29 is 14.6 Å². The Morgan fingerprint density at radius 1 is 1.35 bits per heavy atom. The van der Waals surface area contributed by atoms with Crippen LogP contribution in [0.4, 0.5) is 5.69 Å². The molecule has 1 aromatic heterocycles. The number of ether oxygens (including phenoxy) is 1. The van der Waals surface area contributed by atoms with Gasteiger partial charge in [0.25, 0.3) is 11.5 Å². The second-order valence-electron chi connectivity index (χ2n) is 4.01. The molecule has 2 rings (SSSR count). The average Bonchev–Trinajstić information content (AvgIpc) is 2.41. The van der Waals surface area contributed by atoms with Crippen LogP contribution in [0.2, 0.25) is 0 Å². The maximum Gasteiger partial charge on any atom is 0.260 e. The highest BCUT2D eigenvalue weighted by molar-refractivity contribution is 6.05. The highest BCUT2D eigenvalue weighted by Gasteiger charge is 2.11. The van der Waals surface area contributed by atoms with Crippen LogP contribution in [0.25, 0.3) is 0 Å². The first-order valence-corrected chi connectivity index (χ1v) is 6.06. The van der Waals surface area contributed by atoms with Gasteiger partial charge in [0.05, 0.1) is 12.2 Å². The fourth-order valence-electron chi connectivity index (χ4n) is 1.64. The first kappa shape index (κ1) is 13.7. The number of anilines is 1. The number of hydrogen-bond donors (Lipinski definition) is 3. The molecule has 20 heavy (non-hydrogen) atoms. The summed E-state index contributed by atoms with van der Waals surface area (Å²) in [5, 5.41) is 12.2. The highest BCUT2D eigenvalue weighted by atomic mass is 16.5. The summed E-state index contributed by atoms with van der Waals surface area (Å²) in [7, 11) is 0. The lowest BCUT2D eigenvalue weighted by Gasteiger charge is -2.07. The van der Waals surface area contributed by atoms with Gasteiger partial charge in [-0.15, -0.1) is 0 Å². The summed E-state index contributed by atoms with van der Waals surface area (Å²) in [6.45, 7) is 2.45. The summed E-state index contributed by atoms with van der Waals surface area (Å²) in [5.74, 6) is -0.169. The second kappa shape index (κ2) is 5.92. The maximum atomic E-state index is 11.9. The van der Waals surface area contributed by atoms with Crippen molar-refractivity contribution in [3.8, 4) is 11.5 Å². The van der Waals surface area contributed by atoms with Gasteiger partial charge in [-0.3, -0.25) is 9.59 Å². The molecule has 0 aliphatic rings. The van der Waals surface area contributed by atoms with E-state index in [0.717, 1.165) is 6.07 Å². The standard InChI is InChI=1S/C14H14N2O4/c1-2-20-10-5-3-9(4-6-10)16-14(19)11-8-15-13(18)7-12(11)17/h3-8H,2H2,1H3,(H,16,19)(H2,15,17,18). The molecule has 0 atom stereocenters. The van der Waals surface area contributed by atoms with E-state index < -0.39 is 11.5 Å². The summed E-state index contributed by atoms with van der Waals surface area (Å²) in [5.41, 5.74) is 0.0858. The topological polar surface area (TPSA) is 91.4 Å². The SMILES string of the molecule is CCOc1ccc(NC(=O)c2c[nH]c(=O)cc2O)cc1. The van der Waals surface area contributed by atoms with E-state index in [2.05, 4.69) is 10.3 Å². The van der Waals surface area contributed by atoms with E-state index in [1.54, 1.807) is 24.3 Å². The van der Waals surface area contributed by atoms with Crippen LogP contribution in [0, 0.1) is 0 Å². The molecule has 0 fully saturated rings. The fourth-order valence-corrected chi connectivity index (χ4v) is 1.64. The molecule has 0 aliphatic heterocycles. The van der Waals surface area contributed by atoms with Crippen molar-refractivity contribution in [1.29, 1.82) is 0 Å². The van der Waals surface area contributed by atoms with E-state index in [-0.39, 0.29) is 11.3 Å². The smallest absolute Gasteiger partial charge is 0.260 e. The molecule has 0 radical (unpaired) electrons. The number of amides is 1. The van der Waals surface area contributed by atoms with Crippen molar-refractivity contribution >= 4 is 11.6 Å². The highest BCUT2D eigenvalue weighted by Crippen LogP contribution is 2.18. The van der Waals surface area contributed by atoms with Crippen molar-refractivity contribution in [2.24, 2.45) is 0 Å². The summed E-state index contributed by atoms with van der Waals surface area (Å²) in [4.78, 5) is 25.2. The first-order valence-electron chi connectivity index (χ1n) is 6.06. The molecule has 2 aromatic rings. The minimum Gasteiger partial charge on any atom is -0.507 e. The third-order valence-electron chi connectivity index (χ3n) is 2.57. The van der Waals surface area contributed by atoms with Gasteiger partial charge < -0.3 is 20.1 Å². The molecule has 6 heteroatoms. The molecule has 1 aromatic carbocycles. The van der Waals surface area contributed by atoms with Crippen LogP contribution in [0.15, 0.2) is 41.3 Å². The zero-order chi connectivity index (χ0) is 14.5. The molecule has 0 aliphatic carbocycles. The summed E-state index contributed by atoms with van der Waals surface area (Å²) in [6, 6.07) is 7.78. The Bertz CT molecular complexity index is 662. The van der Waals surface area contributed by atoms with E-state index in [9.17, 15) is 14.7 Å². The number of hydrogen-bond acceptors (Lipinski definition) is 4. The zero-order valence-corrected chi connectivity index (χ0v) is 10.8. The lowest BCUT2D eigenvalue weighted by molar-refractivity contribution is 0.102. The molecule has 1 amide bonds. The van der Waals surface area contributed by atoms with Crippen LogP contribution >= 0.6 is 0 Å². The third kappa shape index (κ3) is 3.17. The quantitative estimate of drug-likeness (QED) is 0.791. The Labute approximate surface area is 115 Å². The number of carbonyl (C=O) groups is 1. The van der Waals surface area contributed by atoms with Gasteiger partial charge >= 0.3 is 0 Å². The van der Waals surface area contributed by atoms with Crippen molar-refractivity contribution in [3.05, 3.63) is 52.4 Å². The van der Waals surface area contributed by atoms with Gasteiger partial charge in [-0.1, -0.05) is 0 Å². The fraction of sp³-hybridized carbons (Fsp3) is 0.143. The Balaban J connectivity index is 2.12. The summed E-state index contributed by atoms with van der Waals surface area (Å²) >= 11 is 0. The van der Waals surface area contributed by atoms with Crippen molar-refractivity contribution in [2.75, 3.05) is 11.9 Å². The predicted molar refractivity (Wildman–Crippen MR) is 74.3 cm³/mol. The Hall–Kier alpha value is -2.76. The number of aromatic amines is 1. The van der Waals surface area contributed by atoms with Gasteiger partial charge in [0.2, 0.25) is 0 Å². The lowest BCUT2D eigenvalue weighted by Crippen LogP contribution is -2.15. The van der Waals surface area contributed by atoms with Crippen molar-refractivity contribution in [3.63, 3.8) is 0 Å². The number of aromatic hydroxyl groups is 1. The van der Waals surface area contributed by atoms with Crippen LogP contribution < -0.4 is 15.6 Å². The van der Waals surface area contributed by atoms with E-state index in [1.807, 2.05) is 6.92 Å². The van der Waals surface area contributed by atoms with Crippen LogP contribution in [-0.4, -0.2) is 22.6 Å². The third-order valence-corrected chi connectivity index (χ3v) is 2.57. The first-order chi connectivity index (χ1) is 9.60. The largest absolute Gasteiger partial charge is 0.507 e. The summed E-state index contributed by atoms with van der Waals surface area (Å²) < 4.78 is 5.29. The molecule has 6 nitrogen and oxygen atoms in total. The second-order valence-corrected chi connectivity index (χ2v) is 4.01. The van der Waals surface area contributed by atoms with Crippen molar-refractivity contribution in [1.82, 2.24) is 4.98 Å². The Morgan fingerprint density at radius 3 is 2.65 bits per heavy atom. The van der Waals surface area contributed by atoms with Gasteiger partial charge in [-0.05, 0) is 31.2 Å². The molecule has 0 spiro atoms.